The van der Waals surface area contributed by atoms with E-state index in [1.807, 2.05) is 12.1 Å². The van der Waals surface area contributed by atoms with Crippen LogP contribution < -0.4 is 15.2 Å². The zero-order valence-electron chi connectivity index (χ0n) is 14.4. The van der Waals surface area contributed by atoms with Crippen molar-refractivity contribution in [2.45, 2.75) is 12.6 Å². The molecule has 0 spiro atoms. The average molecular weight is 339 g/mol. The molecule has 5 heteroatoms. The van der Waals surface area contributed by atoms with E-state index >= 15 is 0 Å². The van der Waals surface area contributed by atoms with E-state index in [2.05, 4.69) is 46.2 Å². The molecular formula is C20H25N3O2. The van der Waals surface area contributed by atoms with Crippen LogP contribution in [-0.2, 0) is 6.54 Å². The maximum atomic E-state index is 6.36. The normalized spacial score (nSPS) is 19.1. The van der Waals surface area contributed by atoms with Gasteiger partial charge in [0.2, 0.25) is 6.79 Å². The van der Waals surface area contributed by atoms with Crippen molar-refractivity contribution < 1.29 is 9.47 Å². The van der Waals surface area contributed by atoms with E-state index in [9.17, 15) is 0 Å². The summed E-state index contributed by atoms with van der Waals surface area (Å²) in [6.45, 7) is 6.46. The van der Waals surface area contributed by atoms with Gasteiger partial charge in [0, 0.05) is 45.3 Å². The van der Waals surface area contributed by atoms with Crippen LogP contribution in [0.25, 0.3) is 0 Å². The minimum absolute atomic E-state index is 0.0848. The predicted octanol–water partition coefficient (Wildman–Crippen LogP) is 2.23. The standard InChI is InChI=1S/C20H25N3O2/c21-18(17-4-2-1-3-5-17)14-23-10-8-22(9-11-23)13-16-6-7-19-20(12-16)25-15-24-19/h1-7,12,18H,8-11,13-15,21H2/t18-/m1/s1. The summed E-state index contributed by atoms with van der Waals surface area (Å²) in [5.41, 5.74) is 8.84. The Labute approximate surface area is 148 Å². The summed E-state index contributed by atoms with van der Waals surface area (Å²) in [5.74, 6) is 1.72. The molecular weight excluding hydrogens is 314 g/mol. The molecule has 5 nitrogen and oxygen atoms in total. The maximum Gasteiger partial charge on any atom is 0.231 e. The molecule has 0 aromatic heterocycles. The number of fused-ring (bicyclic) bond motifs is 1. The van der Waals surface area contributed by atoms with Crippen molar-refractivity contribution in [1.82, 2.24) is 9.80 Å². The third kappa shape index (κ3) is 3.95. The van der Waals surface area contributed by atoms with E-state index < -0.39 is 0 Å². The summed E-state index contributed by atoms with van der Waals surface area (Å²) in [5, 5.41) is 0. The van der Waals surface area contributed by atoms with Crippen LogP contribution >= 0.6 is 0 Å². The Hall–Kier alpha value is -2.08. The number of ether oxygens (including phenoxy) is 2. The Morgan fingerprint density at radius 1 is 0.880 bits per heavy atom. The molecule has 2 N–H and O–H groups in total. The first kappa shape index (κ1) is 16.4. The van der Waals surface area contributed by atoms with Crippen LogP contribution in [0.5, 0.6) is 11.5 Å². The summed E-state index contributed by atoms with van der Waals surface area (Å²) >= 11 is 0. The Morgan fingerprint density at radius 3 is 2.40 bits per heavy atom. The summed E-state index contributed by atoms with van der Waals surface area (Å²) < 4.78 is 10.8. The van der Waals surface area contributed by atoms with E-state index in [1.54, 1.807) is 0 Å². The van der Waals surface area contributed by atoms with Gasteiger partial charge in [-0.2, -0.15) is 0 Å². The quantitative estimate of drug-likeness (QED) is 0.905. The summed E-state index contributed by atoms with van der Waals surface area (Å²) in [7, 11) is 0. The van der Waals surface area contributed by atoms with E-state index in [4.69, 9.17) is 15.2 Å². The van der Waals surface area contributed by atoms with Gasteiger partial charge < -0.3 is 15.2 Å². The average Bonchev–Trinajstić information content (AvgIpc) is 3.12. The lowest BCUT2D eigenvalue weighted by Crippen LogP contribution is -2.47. The van der Waals surface area contributed by atoms with Gasteiger partial charge in [0.25, 0.3) is 0 Å². The van der Waals surface area contributed by atoms with Crippen LogP contribution in [0, 0.1) is 0 Å². The lowest BCUT2D eigenvalue weighted by molar-refractivity contribution is 0.122. The SMILES string of the molecule is N[C@H](CN1CCN(Cc2ccc3c(c2)OCO3)CC1)c1ccccc1. The molecule has 1 atom stereocenters. The summed E-state index contributed by atoms with van der Waals surface area (Å²) in [4.78, 5) is 4.95. The van der Waals surface area contributed by atoms with Crippen molar-refractivity contribution >= 4 is 0 Å². The van der Waals surface area contributed by atoms with Crippen LogP contribution in [-0.4, -0.2) is 49.3 Å². The molecule has 0 amide bonds. The van der Waals surface area contributed by atoms with Gasteiger partial charge in [-0.25, -0.2) is 0 Å². The van der Waals surface area contributed by atoms with Gasteiger partial charge in [0.15, 0.2) is 11.5 Å². The van der Waals surface area contributed by atoms with Crippen LogP contribution in [0.4, 0.5) is 0 Å². The smallest absolute Gasteiger partial charge is 0.231 e. The molecule has 132 valence electrons. The van der Waals surface area contributed by atoms with Crippen molar-refractivity contribution in [2.75, 3.05) is 39.5 Å². The summed E-state index contributed by atoms with van der Waals surface area (Å²) in [6.07, 6.45) is 0. The highest BCUT2D eigenvalue weighted by molar-refractivity contribution is 5.44. The lowest BCUT2D eigenvalue weighted by Gasteiger charge is -2.36. The largest absolute Gasteiger partial charge is 0.454 e. The van der Waals surface area contributed by atoms with Crippen molar-refractivity contribution in [2.24, 2.45) is 5.73 Å². The number of nitrogens with zero attached hydrogens (tertiary/aromatic N) is 2. The fourth-order valence-corrected chi connectivity index (χ4v) is 3.51. The third-order valence-corrected chi connectivity index (χ3v) is 4.99. The molecule has 0 unspecified atom stereocenters. The molecule has 2 aliphatic rings. The number of rotatable bonds is 5. The monoisotopic (exact) mass is 339 g/mol. The van der Waals surface area contributed by atoms with Gasteiger partial charge in [-0.05, 0) is 23.3 Å². The highest BCUT2D eigenvalue weighted by Gasteiger charge is 2.20. The molecule has 1 fully saturated rings. The second-order valence-electron chi connectivity index (χ2n) is 6.78. The van der Waals surface area contributed by atoms with Gasteiger partial charge in [-0.3, -0.25) is 9.80 Å². The van der Waals surface area contributed by atoms with Crippen LogP contribution in [0.15, 0.2) is 48.5 Å². The van der Waals surface area contributed by atoms with Gasteiger partial charge in [-0.1, -0.05) is 36.4 Å². The highest BCUT2D eigenvalue weighted by Crippen LogP contribution is 2.32. The fourth-order valence-electron chi connectivity index (χ4n) is 3.51. The molecule has 25 heavy (non-hydrogen) atoms. The second kappa shape index (κ2) is 7.44. The first-order valence-electron chi connectivity index (χ1n) is 8.92. The third-order valence-electron chi connectivity index (χ3n) is 4.99. The van der Waals surface area contributed by atoms with Gasteiger partial charge in [0.1, 0.15) is 0 Å². The minimum atomic E-state index is 0.0848. The Morgan fingerprint density at radius 2 is 1.60 bits per heavy atom. The predicted molar refractivity (Wildman–Crippen MR) is 97.7 cm³/mol. The van der Waals surface area contributed by atoms with Gasteiger partial charge in [0.05, 0.1) is 0 Å². The van der Waals surface area contributed by atoms with Crippen molar-refractivity contribution in [3.63, 3.8) is 0 Å². The lowest BCUT2D eigenvalue weighted by atomic mass is 10.1. The number of benzene rings is 2. The zero-order chi connectivity index (χ0) is 17.1. The fraction of sp³-hybridized carbons (Fsp3) is 0.400. The molecule has 2 heterocycles. The van der Waals surface area contributed by atoms with Crippen molar-refractivity contribution in [1.29, 1.82) is 0 Å². The van der Waals surface area contributed by atoms with Crippen LogP contribution in [0.2, 0.25) is 0 Å². The van der Waals surface area contributed by atoms with Crippen molar-refractivity contribution in [3.05, 3.63) is 59.7 Å². The number of nitrogens with two attached hydrogens (primary N) is 1. The van der Waals surface area contributed by atoms with E-state index in [1.165, 1.54) is 11.1 Å². The number of piperazine rings is 1. The van der Waals surface area contributed by atoms with Crippen molar-refractivity contribution in [3.8, 4) is 11.5 Å². The molecule has 2 aliphatic heterocycles. The van der Waals surface area contributed by atoms with Gasteiger partial charge in [-0.15, -0.1) is 0 Å². The Balaban J connectivity index is 1.27. The zero-order valence-corrected chi connectivity index (χ0v) is 14.4. The van der Waals surface area contributed by atoms with E-state index in [-0.39, 0.29) is 6.04 Å². The number of hydrogen-bond donors (Lipinski definition) is 1. The molecule has 0 radical (unpaired) electrons. The molecule has 0 bridgehead atoms. The Kier molecular flexibility index (Phi) is 4.88. The van der Waals surface area contributed by atoms with E-state index in [0.29, 0.717) is 6.79 Å². The molecule has 2 aromatic rings. The number of hydrogen-bond acceptors (Lipinski definition) is 5. The van der Waals surface area contributed by atoms with Gasteiger partial charge >= 0.3 is 0 Å². The molecule has 0 saturated carbocycles. The van der Waals surface area contributed by atoms with Crippen LogP contribution in [0.3, 0.4) is 0 Å². The molecule has 2 aromatic carbocycles. The molecule has 1 saturated heterocycles. The minimum Gasteiger partial charge on any atom is -0.454 e. The highest BCUT2D eigenvalue weighted by atomic mass is 16.7. The summed E-state index contributed by atoms with van der Waals surface area (Å²) in [6, 6.07) is 16.7. The first-order valence-corrected chi connectivity index (χ1v) is 8.92. The molecule has 4 rings (SSSR count). The van der Waals surface area contributed by atoms with E-state index in [0.717, 1.165) is 50.8 Å². The first-order chi connectivity index (χ1) is 12.3. The Bertz CT molecular complexity index is 699. The second-order valence-corrected chi connectivity index (χ2v) is 6.78. The maximum absolute atomic E-state index is 6.36. The molecule has 0 aliphatic carbocycles. The topological polar surface area (TPSA) is 51.0 Å². The van der Waals surface area contributed by atoms with Crippen LogP contribution in [0.1, 0.15) is 17.2 Å².